The maximum Gasteiger partial charge on any atom is 0.256 e. The number of aromatic nitrogens is 1. The van der Waals surface area contributed by atoms with E-state index in [1.807, 2.05) is 31.0 Å². The number of nitrogens with zero attached hydrogens (tertiary/aromatic N) is 2. The molecule has 0 spiro atoms. The predicted molar refractivity (Wildman–Crippen MR) is 82.0 cm³/mol. The topological polar surface area (TPSA) is 25.2 Å². The summed E-state index contributed by atoms with van der Waals surface area (Å²) < 4.78 is 2.12. The number of para-hydroxylation sites is 1. The first-order valence-electron chi connectivity index (χ1n) is 7.43. The molecule has 3 rings (SSSR count). The molecule has 0 atom stereocenters. The van der Waals surface area contributed by atoms with Crippen molar-refractivity contribution in [3.63, 3.8) is 0 Å². The number of hydrogen-bond acceptors (Lipinski definition) is 1. The van der Waals surface area contributed by atoms with Gasteiger partial charge in [0.2, 0.25) is 0 Å². The summed E-state index contributed by atoms with van der Waals surface area (Å²) in [5.41, 5.74) is 3.09. The lowest BCUT2D eigenvalue weighted by Gasteiger charge is -2.30. The monoisotopic (exact) mass is 270 g/mol. The number of aryl methyl sites for hydroxylation is 1. The van der Waals surface area contributed by atoms with Gasteiger partial charge in [-0.2, -0.15) is 0 Å². The Kier molecular flexibility index (Phi) is 3.28. The Balaban J connectivity index is 2.01. The molecule has 0 aliphatic carbocycles. The Morgan fingerprint density at radius 2 is 1.85 bits per heavy atom. The lowest BCUT2D eigenvalue weighted by molar-refractivity contribution is 0.0698. The second kappa shape index (κ2) is 4.97. The van der Waals surface area contributed by atoms with E-state index in [-0.39, 0.29) is 5.91 Å². The molecule has 1 saturated heterocycles. The van der Waals surface area contributed by atoms with E-state index in [1.54, 1.807) is 0 Å². The lowest BCUT2D eigenvalue weighted by atomic mass is 9.98. The number of piperidine rings is 1. The molecule has 3 nitrogen and oxygen atoms in total. The molecule has 1 aromatic carbocycles. The first kappa shape index (κ1) is 13.2. The van der Waals surface area contributed by atoms with Gasteiger partial charge in [0.15, 0.2) is 0 Å². The van der Waals surface area contributed by atoms with E-state index in [1.165, 1.54) is 0 Å². The number of amides is 1. The third kappa shape index (κ3) is 2.01. The molecule has 0 radical (unpaired) electrons. The minimum atomic E-state index is 0.200. The Bertz CT molecular complexity index is 648. The van der Waals surface area contributed by atoms with Crippen molar-refractivity contribution in [2.75, 3.05) is 13.1 Å². The SMILES string of the molecule is Cc1c(C(=O)N2CCC(C)CC2)c2ccccc2n1C. The maximum absolute atomic E-state index is 12.9. The fraction of sp³-hybridized carbons (Fsp3) is 0.471. The first-order valence-corrected chi connectivity index (χ1v) is 7.43. The zero-order valence-corrected chi connectivity index (χ0v) is 12.5. The number of carbonyl (C=O) groups excluding carboxylic acids is 1. The van der Waals surface area contributed by atoms with Crippen LogP contribution in [-0.4, -0.2) is 28.5 Å². The summed E-state index contributed by atoms with van der Waals surface area (Å²) in [6.07, 6.45) is 2.24. The molecule has 20 heavy (non-hydrogen) atoms. The van der Waals surface area contributed by atoms with Gasteiger partial charge in [0.05, 0.1) is 5.56 Å². The van der Waals surface area contributed by atoms with Crippen LogP contribution in [0.3, 0.4) is 0 Å². The van der Waals surface area contributed by atoms with Gasteiger partial charge >= 0.3 is 0 Å². The second-order valence-corrected chi connectivity index (χ2v) is 6.01. The molecule has 0 unspecified atom stereocenters. The van der Waals surface area contributed by atoms with E-state index < -0.39 is 0 Å². The van der Waals surface area contributed by atoms with Crippen molar-refractivity contribution in [3.05, 3.63) is 35.5 Å². The van der Waals surface area contributed by atoms with Crippen LogP contribution in [0.2, 0.25) is 0 Å². The number of hydrogen-bond donors (Lipinski definition) is 0. The van der Waals surface area contributed by atoms with Gasteiger partial charge < -0.3 is 9.47 Å². The summed E-state index contributed by atoms with van der Waals surface area (Å²) >= 11 is 0. The van der Waals surface area contributed by atoms with Crippen molar-refractivity contribution in [1.29, 1.82) is 0 Å². The molecule has 0 bridgehead atoms. The van der Waals surface area contributed by atoms with Gasteiger partial charge in [0.25, 0.3) is 5.91 Å². The normalized spacial score (nSPS) is 16.9. The Labute approximate surface area is 120 Å². The van der Waals surface area contributed by atoms with Gasteiger partial charge in [0.1, 0.15) is 0 Å². The highest BCUT2D eigenvalue weighted by Gasteiger charge is 2.25. The fourth-order valence-electron chi connectivity index (χ4n) is 3.16. The fourth-order valence-corrected chi connectivity index (χ4v) is 3.16. The number of fused-ring (bicyclic) bond motifs is 1. The molecule has 1 fully saturated rings. The zero-order valence-electron chi connectivity index (χ0n) is 12.5. The molecule has 2 heterocycles. The standard InChI is InChI=1S/C17H22N2O/c1-12-8-10-19(11-9-12)17(20)16-13(2)18(3)15-7-5-4-6-14(15)16/h4-7,12H,8-11H2,1-3H3. The highest BCUT2D eigenvalue weighted by Crippen LogP contribution is 2.27. The quantitative estimate of drug-likeness (QED) is 0.780. The van der Waals surface area contributed by atoms with Crippen LogP contribution >= 0.6 is 0 Å². The smallest absolute Gasteiger partial charge is 0.256 e. The summed E-state index contributed by atoms with van der Waals surface area (Å²) in [6, 6.07) is 8.18. The lowest BCUT2D eigenvalue weighted by Crippen LogP contribution is -2.38. The van der Waals surface area contributed by atoms with Crippen LogP contribution in [0.25, 0.3) is 10.9 Å². The van der Waals surface area contributed by atoms with E-state index >= 15 is 0 Å². The second-order valence-electron chi connectivity index (χ2n) is 6.01. The molecule has 0 N–H and O–H groups in total. The Morgan fingerprint density at radius 1 is 1.20 bits per heavy atom. The van der Waals surface area contributed by atoms with Crippen molar-refractivity contribution in [1.82, 2.24) is 9.47 Å². The Hall–Kier alpha value is -1.77. The van der Waals surface area contributed by atoms with Crippen LogP contribution in [0, 0.1) is 12.8 Å². The zero-order chi connectivity index (χ0) is 14.3. The third-order valence-corrected chi connectivity index (χ3v) is 4.68. The van der Waals surface area contributed by atoms with Crippen LogP contribution < -0.4 is 0 Å². The average molecular weight is 270 g/mol. The molecule has 1 aliphatic heterocycles. The van der Waals surface area contributed by atoms with Gasteiger partial charge in [0, 0.05) is 36.7 Å². The van der Waals surface area contributed by atoms with Gasteiger partial charge in [-0.25, -0.2) is 0 Å². The molecular weight excluding hydrogens is 248 g/mol. The highest BCUT2D eigenvalue weighted by molar-refractivity contribution is 6.08. The summed E-state index contributed by atoms with van der Waals surface area (Å²) in [5, 5.41) is 1.08. The van der Waals surface area contributed by atoms with Crippen LogP contribution in [-0.2, 0) is 7.05 Å². The molecule has 3 heteroatoms. The largest absolute Gasteiger partial charge is 0.347 e. The van der Waals surface area contributed by atoms with Crippen molar-refractivity contribution < 1.29 is 4.79 Å². The molecule has 2 aromatic rings. The van der Waals surface area contributed by atoms with Crippen molar-refractivity contribution in [2.45, 2.75) is 26.7 Å². The molecule has 0 saturated carbocycles. The summed E-state index contributed by atoms with van der Waals surface area (Å²) in [4.78, 5) is 14.9. The van der Waals surface area contributed by atoms with Gasteiger partial charge in [-0.05, 0) is 31.7 Å². The van der Waals surface area contributed by atoms with E-state index in [0.29, 0.717) is 0 Å². The van der Waals surface area contributed by atoms with Crippen molar-refractivity contribution in [3.8, 4) is 0 Å². The number of likely N-dealkylation sites (tertiary alicyclic amines) is 1. The number of benzene rings is 1. The highest BCUT2D eigenvalue weighted by atomic mass is 16.2. The van der Waals surface area contributed by atoms with Crippen LogP contribution in [0.15, 0.2) is 24.3 Å². The minimum absolute atomic E-state index is 0.200. The molecule has 1 aliphatic rings. The number of rotatable bonds is 1. The van der Waals surface area contributed by atoms with Crippen molar-refractivity contribution in [2.24, 2.45) is 13.0 Å². The van der Waals surface area contributed by atoms with Crippen LogP contribution in [0.1, 0.15) is 35.8 Å². The Morgan fingerprint density at radius 3 is 2.55 bits per heavy atom. The summed E-state index contributed by atoms with van der Waals surface area (Å²) in [7, 11) is 2.03. The maximum atomic E-state index is 12.9. The van der Waals surface area contributed by atoms with Gasteiger partial charge in [-0.1, -0.05) is 25.1 Å². The van der Waals surface area contributed by atoms with E-state index in [4.69, 9.17) is 0 Å². The van der Waals surface area contributed by atoms with Gasteiger partial charge in [-0.15, -0.1) is 0 Å². The summed E-state index contributed by atoms with van der Waals surface area (Å²) in [6.45, 7) is 6.09. The predicted octanol–water partition coefficient (Wildman–Crippen LogP) is 3.36. The average Bonchev–Trinajstić information content (AvgIpc) is 2.72. The minimum Gasteiger partial charge on any atom is -0.347 e. The molecular formula is C17H22N2O. The van der Waals surface area contributed by atoms with E-state index in [2.05, 4.69) is 23.6 Å². The molecule has 106 valence electrons. The van der Waals surface area contributed by atoms with E-state index in [0.717, 1.165) is 54.0 Å². The van der Waals surface area contributed by atoms with Crippen LogP contribution in [0.5, 0.6) is 0 Å². The van der Waals surface area contributed by atoms with E-state index in [9.17, 15) is 4.79 Å². The summed E-state index contributed by atoms with van der Waals surface area (Å²) in [5.74, 6) is 0.943. The van der Waals surface area contributed by atoms with Crippen molar-refractivity contribution >= 4 is 16.8 Å². The molecule has 1 aromatic heterocycles. The third-order valence-electron chi connectivity index (χ3n) is 4.68. The van der Waals surface area contributed by atoms with Gasteiger partial charge in [-0.3, -0.25) is 4.79 Å². The number of carbonyl (C=O) groups is 1. The first-order chi connectivity index (χ1) is 9.59. The molecule has 1 amide bonds. The van der Waals surface area contributed by atoms with Crippen LogP contribution in [0.4, 0.5) is 0 Å².